The second-order valence-corrected chi connectivity index (χ2v) is 2.80. The van der Waals surface area contributed by atoms with Crippen molar-refractivity contribution >= 4 is 0 Å². The minimum Gasteiger partial charge on any atom is -0.151 e. The summed E-state index contributed by atoms with van der Waals surface area (Å²) in [5, 5.41) is 2.82. The van der Waals surface area contributed by atoms with E-state index in [1.165, 1.54) is 5.56 Å². The molecule has 1 rings (SSSR count). The van der Waals surface area contributed by atoms with Gasteiger partial charge in [-0.25, -0.2) is 0 Å². The maximum atomic E-state index is 9.77. The molecule has 0 spiro atoms. The molecular formula is C10H13CuNO. The molecule has 0 aliphatic rings. The molecule has 0 heterocycles. The first-order valence-corrected chi connectivity index (χ1v) is 4.26. The normalized spacial score (nSPS) is 8.92. The molecule has 0 fully saturated rings. The number of hydrogen-bond donors (Lipinski definition) is 0. The summed E-state index contributed by atoms with van der Waals surface area (Å²) in [7, 11) is 0. The second-order valence-electron chi connectivity index (χ2n) is 2.80. The first-order valence-electron chi connectivity index (χ1n) is 4.26. The van der Waals surface area contributed by atoms with Crippen LogP contribution in [0.4, 0.5) is 0 Å². The zero-order chi connectivity index (χ0) is 8.65. The number of benzene rings is 1. The van der Waals surface area contributed by atoms with Crippen molar-refractivity contribution in [3.63, 3.8) is 0 Å². The summed E-state index contributed by atoms with van der Waals surface area (Å²) in [5.41, 5.74) is 1.34. The first kappa shape index (κ1) is 12.3. The summed E-state index contributed by atoms with van der Waals surface area (Å²) in [6.45, 7) is 0.451. The molecule has 0 saturated carbocycles. The smallest absolute Gasteiger partial charge is 0.0811 e. The van der Waals surface area contributed by atoms with E-state index >= 15 is 0 Å². The molecule has 0 saturated heterocycles. The predicted octanol–water partition coefficient (Wildman–Crippen LogP) is 2.77. The van der Waals surface area contributed by atoms with Crippen LogP contribution in [0.1, 0.15) is 18.4 Å². The topological polar surface area (TPSA) is 29.4 Å². The second kappa shape index (κ2) is 7.96. The van der Waals surface area contributed by atoms with Gasteiger partial charge >= 0.3 is 0 Å². The van der Waals surface area contributed by atoms with E-state index in [2.05, 4.69) is 17.3 Å². The molecule has 1 aromatic carbocycles. The molecule has 0 unspecified atom stereocenters. The first-order chi connectivity index (χ1) is 5.93. The number of nitrogens with zero attached hydrogens (tertiary/aromatic N) is 1. The monoisotopic (exact) mass is 226 g/mol. The van der Waals surface area contributed by atoms with Gasteiger partial charge < -0.3 is 0 Å². The fourth-order valence-corrected chi connectivity index (χ4v) is 1.15. The Kier molecular flexibility index (Phi) is 7.56. The average molecular weight is 227 g/mol. The van der Waals surface area contributed by atoms with Crippen molar-refractivity contribution in [2.24, 2.45) is 5.18 Å². The van der Waals surface area contributed by atoms with E-state index < -0.39 is 0 Å². The molecule has 0 N–H and O–H groups in total. The van der Waals surface area contributed by atoms with Gasteiger partial charge in [0.2, 0.25) is 0 Å². The SMILES string of the molecule is O=NCCCCc1ccccc1.[Cu]. The largest absolute Gasteiger partial charge is 0.151 e. The van der Waals surface area contributed by atoms with Crippen LogP contribution in [0.5, 0.6) is 0 Å². The standard InChI is InChI=1S/C10H13NO.Cu/c12-11-9-5-4-8-10-6-2-1-3-7-10;/h1-3,6-7H,4-5,8-9H2;. The number of rotatable bonds is 5. The van der Waals surface area contributed by atoms with E-state index in [1.54, 1.807) is 0 Å². The Morgan fingerprint density at radius 1 is 1.08 bits per heavy atom. The van der Waals surface area contributed by atoms with Crippen molar-refractivity contribution in [2.75, 3.05) is 6.54 Å². The van der Waals surface area contributed by atoms with Gasteiger partial charge in [0, 0.05) is 17.1 Å². The molecule has 1 radical (unpaired) electrons. The van der Waals surface area contributed by atoms with Gasteiger partial charge in [-0.1, -0.05) is 35.5 Å². The molecule has 1 aromatic rings. The van der Waals surface area contributed by atoms with E-state index in [0.29, 0.717) is 6.54 Å². The van der Waals surface area contributed by atoms with Crippen LogP contribution in [0.25, 0.3) is 0 Å². The van der Waals surface area contributed by atoms with Gasteiger partial charge in [-0.05, 0) is 24.8 Å². The summed E-state index contributed by atoms with van der Waals surface area (Å²) in [5.74, 6) is 0. The maximum Gasteiger partial charge on any atom is 0.0811 e. The van der Waals surface area contributed by atoms with Gasteiger partial charge in [0.25, 0.3) is 0 Å². The van der Waals surface area contributed by atoms with Crippen LogP contribution in [0.3, 0.4) is 0 Å². The van der Waals surface area contributed by atoms with Gasteiger partial charge in [0.1, 0.15) is 0 Å². The fraction of sp³-hybridized carbons (Fsp3) is 0.400. The molecule has 2 nitrogen and oxygen atoms in total. The molecule has 3 heteroatoms. The zero-order valence-electron chi connectivity index (χ0n) is 7.37. The quantitative estimate of drug-likeness (QED) is 0.431. The van der Waals surface area contributed by atoms with Crippen LogP contribution in [-0.2, 0) is 23.5 Å². The number of hydrogen-bond acceptors (Lipinski definition) is 2. The molecule has 75 valence electrons. The van der Waals surface area contributed by atoms with Gasteiger partial charge in [0.15, 0.2) is 0 Å². The molecule has 13 heavy (non-hydrogen) atoms. The van der Waals surface area contributed by atoms with Crippen LogP contribution in [0.2, 0.25) is 0 Å². The third kappa shape index (κ3) is 5.56. The van der Waals surface area contributed by atoms with Crippen molar-refractivity contribution in [3.8, 4) is 0 Å². The summed E-state index contributed by atoms with van der Waals surface area (Å²) < 4.78 is 0. The molecule has 0 aliphatic heterocycles. The van der Waals surface area contributed by atoms with E-state index in [9.17, 15) is 4.91 Å². The van der Waals surface area contributed by atoms with Crippen molar-refractivity contribution in [3.05, 3.63) is 40.8 Å². The van der Waals surface area contributed by atoms with Gasteiger partial charge in [-0.15, -0.1) is 0 Å². The predicted molar refractivity (Wildman–Crippen MR) is 50.0 cm³/mol. The minimum absolute atomic E-state index is 0. The van der Waals surface area contributed by atoms with E-state index in [4.69, 9.17) is 0 Å². The summed E-state index contributed by atoms with van der Waals surface area (Å²) in [6.07, 6.45) is 3.00. The third-order valence-electron chi connectivity index (χ3n) is 1.81. The fourth-order valence-electron chi connectivity index (χ4n) is 1.15. The molecule has 0 amide bonds. The Labute approximate surface area is 89.2 Å². The Balaban J connectivity index is 0.00000144. The van der Waals surface area contributed by atoms with E-state index in [-0.39, 0.29) is 17.1 Å². The Morgan fingerprint density at radius 3 is 2.38 bits per heavy atom. The van der Waals surface area contributed by atoms with Crippen LogP contribution in [0, 0.1) is 4.91 Å². The van der Waals surface area contributed by atoms with Crippen LogP contribution < -0.4 is 0 Å². The van der Waals surface area contributed by atoms with Crippen molar-refractivity contribution in [2.45, 2.75) is 19.3 Å². The summed E-state index contributed by atoms with van der Waals surface area (Å²) in [4.78, 5) is 9.77. The zero-order valence-corrected chi connectivity index (χ0v) is 8.31. The van der Waals surface area contributed by atoms with Gasteiger partial charge in [-0.2, -0.15) is 4.91 Å². The Bertz CT molecular complexity index is 226. The number of nitroso groups, excluding NO2 is 1. The molecule has 0 aliphatic carbocycles. The molecule has 0 bridgehead atoms. The van der Waals surface area contributed by atoms with Gasteiger partial charge in [0.05, 0.1) is 6.54 Å². The molecular weight excluding hydrogens is 214 g/mol. The third-order valence-corrected chi connectivity index (χ3v) is 1.81. The van der Waals surface area contributed by atoms with Crippen molar-refractivity contribution in [1.82, 2.24) is 0 Å². The number of aryl methyl sites for hydroxylation is 1. The molecule has 0 atom stereocenters. The van der Waals surface area contributed by atoms with Crippen LogP contribution >= 0.6 is 0 Å². The summed E-state index contributed by atoms with van der Waals surface area (Å²) in [6, 6.07) is 10.3. The van der Waals surface area contributed by atoms with Crippen LogP contribution in [0.15, 0.2) is 35.5 Å². The number of unbranched alkanes of at least 4 members (excludes halogenated alkanes) is 1. The Hall–Kier alpha value is -0.661. The van der Waals surface area contributed by atoms with E-state index in [0.717, 1.165) is 19.3 Å². The van der Waals surface area contributed by atoms with Crippen molar-refractivity contribution in [1.29, 1.82) is 0 Å². The maximum absolute atomic E-state index is 9.77. The van der Waals surface area contributed by atoms with Gasteiger partial charge in [-0.3, -0.25) is 0 Å². The average Bonchev–Trinajstić information content (AvgIpc) is 2.14. The van der Waals surface area contributed by atoms with E-state index in [1.807, 2.05) is 18.2 Å². The summed E-state index contributed by atoms with van der Waals surface area (Å²) >= 11 is 0. The minimum atomic E-state index is 0. The van der Waals surface area contributed by atoms with Crippen LogP contribution in [-0.4, -0.2) is 6.54 Å². The van der Waals surface area contributed by atoms with Crippen molar-refractivity contribution < 1.29 is 17.1 Å². The Morgan fingerprint density at radius 2 is 1.77 bits per heavy atom. The molecule has 0 aromatic heterocycles.